The number of benzene rings is 2. The van der Waals surface area contributed by atoms with Gasteiger partial charge in [-0.1, -0.05) is 35.4 Å². The summed E-state index contributed by atoms with van der Waals surface area (Å²) in [5, 5.41) is 0. The molecule has 0 aromatic heterocycles. The first-order chi connectivity index (χ1) is 12.6. The minimum Gasteiger partial charge on any atom is -0.379 e. The van der Waals surface area contributed by atoms with Gasteiger partial charge in [0.1, 0.15) is 0 Å². The molecule has 0 amide bonds. The van der Waals surface area contributed by atoms with Crippen LogP contribution in [0.15, 0.2) is 52.3 Å². The Bertz CT molecular complexity index is 979. The summed E-state index contributed by atoms with van der Waals surface area (Å²) in [4.78, 5) is -0.0828. The van der Waals surface area contributed by atoms with Crippen molar-refractivity contribution in [2.75, 3.05) is 19.8 Å². The first-order valence-electron chi connectivity index (χ1n) is 8.20. The van der Waals surface area contributed by atoms with E-state index in [1.165, 1.54) is 18.2 Å². The summed E-state index contributed by atoms with van der Waals surface area (Å²) in [6.45, 7) is 3.68. The Balaban J connectivity index is 1.83. The van der Waals surface area contributed by atoms with Crippen molar-refractivity contribution in [1.82, 2.24) is 0 Å². The minimum absolute atomic E-state index is 0.0259. The van der Waals surface area contributed by atoms with Crippen LogP contribution in [0.25, 0.3) is 0 Å². The Labute approximate surface area is 159 Å². The van der Waals surface area contributed by atoms with Gasteiger partial charge in [-0.3, -0.25) is 8.74 Å². The molecule has 0 radical (unpaired) electrons. The van der Waals surface area contributed by atoms with Crippen LogP contribution in [0.3, 0.4) is 0 Å². The predicted molar refractivity (Wildman–Crippen MR) is 99.8 cm³/mol. The molecule has 0 saturated heterocycles. The highest BCUT2D eigenvalue weighted by Gasteiger charge is 2.16. The largest absolute Gasteiger partial charge is 0.379 e. The Morgan fingerprint density at radius 2 is 1.48 bits per heavy atom. The topological polar surface area (TPSA) is 107 Å². The quantitative estimate of drug-likeness (QED) is 0.382. The zero-order valence-electron chi connectivity index (χ0n) is 15.1. The third-order valence-corrected chi connectivity index (χ3v) is 6.07. The summed E-state index contributed by atoms with van der Waals surface area (Å²) in [5.41, 5.74) is 2.23. The van der Waals surface area contributed by atoms with Crippen molar-refractivity contribution in [3.8, 4) is 0 Å². The van der Waals surface area contributed by atoms with Gasteiger partial charge in [0, 0.05) is 0 Å². The fraction of sp³-hybridized carbons (Fsp3) is 0.333. The van der Waals surface area contributed by atoms with Crippen LogP contribution in [0, 0.1) is 13.8 Å². The summed E-state index contributed by atoms with van der Waals surface area (Å²) in [7, 11) is -8.15. The fourth-order valence-corrected chi connectivity index (χ4v) is 4.04. The smallest absolute Gasteiger partial charge is 0.297 e. The van der Waals surface area contributed by atoms with Gasteiger partial charge < -0.3 is 4.74 Å². The molecule has 0 atom stereocenters. The SMILES string of the molecule is Cc1ccc(S(=O)(=O)OCCOCCc2cc(C)ccc2S(=O)(=O)O)cc1. The molecule has 2 aromatic rings. The van der Waals surface area contributed by atoms with Gasteiger partial charge in [-0.15, -0.1) is 0 Å². The molecule has 2 rings (SSSR count). The third kappa shape index (κ3) is 6.40. The molecular formula is C18H22O7S2. The normalized spacial score (nSPS) is 12.3. The molecule has 0 fully saturated rings. The molecule has 7 nitrogen and oxygen atoms in total. The van der Waals surface area contributed by atoms with Crippen molar-refractivity contribution < 1.29 is 30.3 Å². The molecule has 0 aliphatic heterocycles. The molecule has 0 aliphatic carbocycles. The summed E-state index contributed by atoms with van der Waals surface area (Å²) in [5.74, 6) is 0. The summed E-state index contributed by atoms with van der Waals surface area (Å²) < 4.78 is 66.3. The van der Waals surface area contributed by atoms with Crippen LogP contribution >= 0.6 is 0 Å². The second kappa shape index (κ2) is 8.94. The van der Waals surface area contributed by atoms with Crippen molar-refractivity contribution >= 4 is 20.2 Å². The average Bonchev–Trinajstić information content (AvgIpc) is 2.57. The lowest BCUT2D eigenvalue weighted by molar-refractivity contribution is 0.104. The first-order valence-corrected chi connectivity index (χ1v) is 11.1. The van der Waals surface area contributed by atoms with E-state index in [2.05, 4.69) is 0 Å². The maximum atomic E-state index is 12.0. The van der Waals surface area contributed by atoms with E-state index in [0.29, 0.717) is 5.56 Å². The van der Waals surface area contributed by atoms with Crippen molar-refractivity contribution in [1.29, 1.82) is 0 Å². The van der Waals surface area contributed by atoms with E-state index in [1.54, 1.807) is 24.3 Å². The van der Waals surface area contributed by atoms with Crippen molar-refractivity contribution in [3.05, 3.63) is 59.2 Å². The van der Waals surface area contributed by atoms with Gasteiger partial charge in [0.15, 0.2) is 0 Å². The molecular weight excluding hydrogens is 392 g/mol. The van der Waals surface area contributed by atoms with Crippen LogP contribution in [-0.2, 0) is 35.6 Å². The van der Waals surface area contributed by atoms with E-state index >= 15 is 0 Å². The number of hydrogen-bond acceptors (Lipinski definition) is 6. The lowest BCUT2D eigenvalue weighted by Crippen LogP contribution is -2.13. The van der Waals surface area contributed by atoms with Crippen molar-refractivity contribution in [2.24, 2.45) is 0 Å². The van der Waals surface area contributed by atoms with E-state index in [9.17, 15) is 21.4 Å². The summed E-state index contributed by atoms with van der Waals surface area (Å²) in [6, 6.07) is 10.9. The van der Waals surface area contributed by atoms with Gasteiger partial charge >= 0.3 is 0 Å². The molecule has 0 unspecified atom stereocenters. The Hall–Kier alpha value is -1.78. The minimum atomic E-state index is -4.31. The fourth-order valence-electron chi connectivity index (χ4n) is 2.42. The molecule has 9 heteroatoms. The standard InChI is InChI=1S/C18H22O7S2/c1-14-3-6-17(7-4-14)27(22,23)25-12-11-24-10-9-16-13-15(2)5-8-18(16)26(19,20)21/h3-8,13H,9-12H2,1-2H3,(H,19,20,21). The monoisotopic (exact) mass is 414 g/mol. The highest BCUT2D eigenvalue weighted by atomic mass is 32.2. The van der Waals surface area contributed by atoms with Crippen LogP contribution in [0.4, 0.5) is 0 Å². The average molecular weight is 415 g/mol. The maximum Gasteiger partial charge on any atom is 0.297 e. The highest BCUT2D eigenvalue weighted by molar-refractivity contribution is 7.86. The van der Waals surface area contributed by atoms with Crippen LogP contribution < -0.4 is 0 Å². The van der Waals surface area contributed by atoms with Gasteiger partial charge in [0.25, 0.3) is 20.2 Å². The van der Waals surface area contributed by atoms with Gasteiger partial charge in [-0.05, 0) is 44.0 Å². The molecule has 27 heavy (non-hydrogen) atoms. The van der Waals surface area contributed by atoms with Gasteiger partial charge in [-0.25, -0.2) is 0 Å². The second-order valence-corrected chi connectivity index (χ2v) is 9.04. The maximum absolute atomic E-state index is 12.0. The lowest BCUT2D eigenvalue weighted by atomic mass is 10.1. The molecule has 148 valence electrons. The predicted octanol–water partition coefficient (Wildman–Crippen LogP) is 2.51. The third-order valence-electron chi connectivity index (χ3n) is 3.79. The zero-order chi connectivity index (χ0) is 20.1. The van der Waals surface area contributed by atoms with Crippen LogP contribution in [0.5, 0.6) is 0 Å². The van der Waals surface area contributed by atoms with Crippen molar-refractivity contribution in [3.63, 3.8) is 0 Å². The summed E-state index contributed by atoms with van der Waals surface area (Å²) >= 11 is 0. The molecule has 0 heterocycles. The van der Waals surface area contributed by atoms with E-state index in [1.807, 2.05) is 13.8 Å². The van der Waals surface area contributed by atoms with Gasteiger partial charge in [-0.2, -0.15) is 16.8 Å². The summed E-state index contributed by atoms with van der Waals surface area (Å²) in [6.07, 6.45) is 0.252. The van der Waals surface area contributed by atoms with Crippen LogP contribution in [0.1, 0.15) is 16.7 Å². The van der Waals surface area contributed by atoms with Gasteiger partial charge in [0.2, 0.25) is 0 Å². The van der Waals surface area contributed by atoms with E-state index in [0.717, 1.165) is 11.1 Å². The molecule has 0 aliphatic rings. The molecule has 2 aromatic carbocycles. The Kier molecular flexibility index (Phi) is 7.12. The van der Waals surface area contributed by atoms with E-state index in [-0.39, 0.29) is 36.0 Å². The molecule has 0 bridgehead atoms. The second-order valence-electron chi connectivity index (χ2n) is 6.04. The van der Waals surface area contributed by atoms with E-state index < -0.39 is 20.2 Å². The number of hydrogen-bond donors (Lipinski definition) is 1. The van der Waals surface area contributed by atoms with Crippen LogP contribution in [-0.4, -0.2) is 41.2 Å². The molecule has 0 spiro atoms. The van der Waals surface area contributed by atoms with Crippen molar-refractivity contribution in [2.45, 2.75) is 30.1 Å². The van der Waals surface area contributed by atoms with E-state index in [4.69, 9.17) is 8.92 Å². The number of aryl methyl sites for hydroxylation is 2. The van der Waals surface area contributed by atoms with Crippen LogP contribution in [0.2, 0.25) is 0 Å². The Morgan fingerprint density at radius 1 is 0.852 bits per heavy atom. The lowest BCUT2D eigenvalue weighted by Gasteiger charge is -2.10. The molecule has 1 N–H and O–H groups in total. The highest BCUT2D eigenvalue weighted by Crippen LogP contribution is 2.18. The van der Waals surface area contributed by atoms with Gasteiger partial charge in [0.05, 0.1) is 29.6 Å². The zero-order valence-corrected chi connectivity index (χ0v) is 16.7. The first kappa shape index (κ1) is 21.5. The number of ether oxygens (including phenoxy) is 1. The molecule has 0 saturated carbocycles. The number of rotatable bonds is 9. The Morgan fingerprint density at radius 3 is 2.11 bits per heavy atom.